The number of aryl methyl sites for hydroxylation is 2. The van der Waals surface area contributed by atoms with Crippen LogP contribution in [0.2, 0.25) is 0 Å². The minimum absolute atomic E-state index is 0.169. The van der Waals surface area contributed by atoms with Crippen LogP contribution < -0.4 is 9.62 Å². The minimum Gasteiger partial charge on any atom is -0.352 e. The number of nitrogens with zero attached hydrogens (tertiary/aromatic N) is 2. The molecule has 0 aromatic heterocycles. The molecule has 0 aliphatic rings. The van der Waals surface area contributed by atoms with E-state index in [1.165, 1.54) is 11.0 Å². The van der Waals surface area contributed by atoms with Crippen molar-refractivity contribution in [1.29, 1.82) is 0 Å². The Labute approximate surface area is 230 Å². The lowest BCUT2D eigenvalue weighted by Gasteiger charge is -2.34. The van der Waals surface area contributed by atoms with E-state index in [2.05, 4.69) is 5.32 Å². The van der Waals surface area contributed by atoms with Gasteiger partial charge in [-0.25, -0.2) is 12.8 Å². The van der Waals surface area contributed by atoms with Crippen molar-refractivity contribution >= 4 is 27.5 Å². The van der Waals surface area contributed by atoms with Gasteiger partial charge in [-0.05, 0) is 56.5 Å². The molecule has 0 heterocycles. The molecule has 0 spiro atoms. The Balaban J connectivity index is 2.09. The second-order valence-electron chi connectivity index (χ2n) is 10.0. The summed E-state index contributed by atoms with van der Waals surface area (Å²) < 4.78 is 41.7. The van der Waals surface area contributed by atoms with Crippen LogP contribution in [0, 0.1) is 19.7 Å². The number of hydrogen-bond donors (Lipinski definition) is 1. The van der Waals surface area contributed by atoms with Crippen LogP contribution in [0.25, 0.3) is 0 Å². The Morgan fingerprint density at radius 2 is 1.59 bits per heavy atom. The first-order chi connectivity index (χ1) is 18.4. The fourth-order valence-electron chi connectivity index (χ4n) is 4.33. The molecular weight excluding hydrogens is 517 g/mol. The molecule has 0 fully saturated rings. The summed E-state index contributed by atoms with van der Waals surface area (Å²) in [5.41, 5.74) is 2.92. The van der Waals surface area contributed by atoms with Gasteiger partial charge in [-0.15, -0.1) is 0 Å². The number of carbonyl (C=O) groups excluding carboxylic acids is 2. The third kappa shape index (κ3) is 8.13. The summed E-state index contributed by atoms with van der Waals surface area (Å²) >= 11 is 0. The lowest BCUT2D eigenvalue weighted by Crippen LogP contribution is -2.54. The first-order valence-electron chi connectivity index (χ1n) is 12.8. The summed E-state index contributed by atoms with van der Waals surface area (Å²) in [5.74, 6) is -1.55. The highest BCUT2D eigenvalue weighted by Crippen LogP contribution is 2.25. The number of carbonyl (C=O) groups is 2. The molecule has 0 saturated carbocycles. The maximum absolute atomic E-state index is 14.8. The van der Waals surface area contributed by atoms with Gasteiger partial charge < -0.3 is 10.2 Å². The maximum Gasteiger partial charge on any atom is 0.244 e. The number of rotatable bonds is 11. The zero-order valence-corrected chi connectivity index (χ0v) is 23.8. The fourth-order valence-corrected chi connectivity index (χ4v) is 5.23. The van der Waals surface area contributed by atoms with Crippen molar-refractivity contribution in [3.63, 3.8) is 0 Å². The average Bonchev–Trinajstić information content (AvgIpc) is 2.86. The predicted molar refractivity (Wildman–Crippen MR) is 152 cm³/mol. The van der Waals surface area contributed by atoms with Crippen LogP contribution in [0.5, 0.6) is 0 Å². The molecule has 2 amide bonds. The van der Waals surface area contributed by atoms with E-state index in [1.807, 2.05) is 57.2 Å². The van der Waals surface area contributed by atoms with E-state index < -0.39 is 40.2 Å². The second kappa shape index (κ2) is 12.9. The molecule has 0 aliphatic carbocycles. The van der Waals surface area contributed by atoms with Crippen LogP contribution in [0.3, 0.4) is 0 Å². The van der Waals surface area contributed by atoms with Gasteiger partial charge in [-0.3, -0.25) is 13.9 Å². The third-order valence-electron chi connectivity index (χ3n) is 6.31. The Morgan fingerprint density at radius 1 is 0.949 bits per heavy atom. The summed E-state index contributed by atoms with van der Waals surface area (Å²) in [7, 11) is -3.88. The molecule has 1 unspecified atom stereocenters. The number of sulfonamides is 1. The smallest absolute Gasteiger partial charge is 0.244 e. The highest BCUT2D eigenvalue weighted by Gasteiger charge is 2.34. The number of nitrogens with one attached hydrogen (secondary N) is 1. The molecule has 0 radical (unpaired) electrons. The first kappa shape index (κ1) is 29.8. The van der Waals surface area contributed by atoms with Crippen molar-refractivity contribution in [2.24, 2.45) is 0 Å². The third-order valence-corrected chi connectivity index (χ3v) is 7.44. The Hall–Kier alpha value is -3.72. The van der Waals surface area contributed by atoms with Gasteiger partial charge in [0.1, 0.15) is 18.4 Å². The van der Waals surface area contributed by atoms with Gasteiger partial charge in [0.25, 0.3) is 0 Å². The van der Waals surface area contributed by atoms with Gasteiger partial charge in [0.15, 0.2) is 0 Å². The normalized spacial score (nSPS) is 12.2. The standard InChI is InChI=1S/C30H36FN3O4S/c1-21(2)32-30(36)28(18-24-11-7-6-8-12-24)33(19-25-13-9-10-14-26(25)31)29(35)20-34(39(5,37)38)27-17-22(3)15-16-23(27)4/h6-17,21,28H,18-20H2,1-5H3,(H,32,36). The first-order valence-corrected chi connectivity index (χ1v) is 14.6. The van der Waals surface area contributed by atoms with E-state index in [9.17, 15) is 22.4 Å². The molecule has 9 heteroatoms. The summed E-state index contributed by atoms with van der Waals surface area (Å²) in [5, 5.41) is 2.87. The summed E-state index contributed by atoms with van der Waals surface area (Å²) in [6.45, 7) is 6.47. The molecule has 39 heavy (non-hydrogen) atoms. The van der Waals surface area contributed by atoms with Gasteiger partial charge in [0, 0.05) is 24.6 Å². The van der Waals surface area contributed by atoms with Gasteiger partial charge in [0.05, 0.1) is 11.9 Å². The largest absolute Gasteiger partial charge is 0.352 e. The summed E-state index contributed by atoms with van der Waals surface area (Å²) in [4.78, 5) is 28.8. The van der Waals surface area contributed by atoms with E-state index >= 15 is 0 Å². The minimum atomic E-state index is -3.88. The topological polar surface area (TPSA) is 86.8 Å². The van der Waals surface area contributed by atoms with E-state index in [-0.39, 0.29) is 24.6 Å². The number of halogens is 1. The van der Waals surface area contributed by atoms with Crippen molar-refractivity contribution in [3.8, 4) is 0 Å². The highest BCUT2D eigenvalue weighted by molar-refractivity contribution is 7.92. The van der Waals surface area contributed by atoms with E-state index in [0.717, 1.165) is 21.7 Å². The molecule has 7 nitrogen and oxygen atoms in total. The summed E-state index contributed by atoms with van der Waals surface area (Å²) in [6.07, 6.45) is 1.21. The van der Waals surface area contributed by atoms with Crippen LogP contribution in [0.1, 0.15) is 36.1 Å². The van der Waals surface area contributed by atoms with Gasteiger partial charge in [-0.1, -0.05) is 60.7 Å². The van der Waals surface area contributed by atoms with Crippen molar-refractivity contribution in [3.05, 3.63) is 101 Å². The Morgan fingerprint density at radius 3 is 2.21 bits per heavy atom. The van der Waals surface area contributed by atoms with Crippen LogP contribution in [-0.4, -0.2) is 50.0 Å². The Bertz CT molecular complexity index is 1410. The molecule has 0 saturated heterocycles. The lowest BCUT2D eigenvalue weighted by molar-refractivity contribution is -0.140. The molecule has 0 bridgehead atoms. The van der Waals surface area contributed by atoms with Crippen molar-refractivity contribution in [1.82, 2.24) is 10.2 Å². The van der Waals surface area contributed by atoms with Crippen molar-refractivity contribution in [2.45, 2.75) is 52.7 Å². The second-order valence-corrected chi connectivity index (χ2v) is 11.9. The van der Waals surface area contributed by atoms with Crippen LogP contribution >= 0.6 is 0 Å². The molecule has 3 aromatic carbocycles. The molecule has 3 aromatic rings. The zero-order valence-electron chi connectivity index (χ0n) is 23.0. The zero-order chi connectivity index (χ0) is 28.7. The number of amides is 2. The molecule has 208 valence electrons. The quantitative estimate of drug-likeness (QED) is 0.382. The average molecular weight is 554 g/mol. The van der Waals surface area contributed by atoms with Crippen molar-refractivity contribution < 1.29 is 22.4 Å². The van der Waals surface area contributed by atoms with E-state index in [1.54, 1.807) is 37.3 Å². The molecule has 0 aliphatic heterocycles. The van der Waals surface area contributed by atoms with Gasteiger partial charge >= 0.3 is 0 Å². The van der Waals surface area contributed by atoms with Crippen LogP contribution in [0.15, 0.2) is 72.8 Å². The van der Waals surface area contributed by atoms with Gasteiger partial charge in [0.2, 0.25) is 21.8 Å². The summed E-state index contributed by atoms with van der Waals surface area (Å²) in [6, 6.07) is 19.4. The molecule has 1 N–H and O–H groups in total. The van der Waals surface area contributed by atoms with Crippen LogP contribution in [0.4, 0.5) is 10.1 Å². The monoisotopic (exact) mass is 553 g/mol. The van der Waals surface area contributed by atoms with E-state index in [4.69, 9.17) is 0 Å². The Kier molecular flexibility index (Phi) is 9.86. The lowest BCUT2D eigenvalue weighted by atomic mass is 10.0. The predicted octanol–water partition coefficient (Wildman–Crippen LogP) is 4.37. The SMILES string of the molecule is Cc1ccc(C)c(N(CC(=O)N(Cc2ccccc2F)C(Cc2ccccc2)C(=O)NC(C)C)S(C)(=O)=O)c1. The fraction of sp³-hybridized carbons (Fsp3) is 0.333. The number of benzene rings is 3. The molecular formula is C30H36FN3O4S. The maximum atomic E-state index is 14.8. The van der Waals surface area contributed by atoms with Crippen molar-refractivity contribution in [2.75, 3.05) is 17.1 Å². The van der Waals surface area contributed by atoms with Crippen LogP contribution in [-0.2, 0) is 32.6 Å². The molecule has 3 rings (SSSR count). The number of hydrogen-bond acceptors (Lipinski definition) is 4. The molecule has 1 atom stereocenters. The van der Waals surface area contributed by atoms with E-state index in [0.29, 0.717) is 11.3 Å². The number of anilines is 1. The van der Waals surface area contributed by atoms with Gasteiger partial charge in [-0.2, -0.15) is 0 Å². The highest BCUT2D eigenvalue weighted by atomic mass is 32.2.